The molecule has 0 radical (unpaired) electrons. The highest BCUT2D eigenvalue weighted by Crippen LogP contribution is 1.73. The Bertz CT molecular complexity index is 97.8. The molecule has 0 aliphatic carbocycles. The predicted molar refractivity (Wildman–Crippen MR) is 33.6 cm³/mol. The molecule has 0 amide bonds. The highest BCUT2D eigenvalue weighted by Gasteiger charge is 1.59. The van der Waals surface area contributed by atoms with Gasteiger partial charge in [-0.15, -0.1) is 0 Å². The van der Waals surface area contributed by atoms with E-state index in [2.05, 4.69) is 4.98 Å². The maximum absolute atomic E-state index is 9.62. The molecule has 0 saturated heterocycles. The molecule has 0 saturated carbocycles. The summed E-state index contributed by atoms with van der Waals surface area (Å²) >= 11 is 0. The summed E-state index contributed by atoms with van der Waals surface area (Å²) in [6.07, 6.45) is 3.50. The molecule has 1 heterocycles. The Morgan fingerprint density at radius 1 is 1.00 bits per heavy atom. The van der Waals surface area contributed by atoms with Crippen molar-refractivity contribution in [3.8, 4) is 0 Å². The monoisotopic (exact) mass is 129 g/mol. The van der Waals surface area contributed by atoms with Gasteiger partial charge in [0.25, 0.3) is 0 Å². The lowest BCUT2D eigenvalue weighted by Crippen LogP contribution is -1.58. The minimum absolute atomic E-state index is 1.75. The lowest BCUT2D eigenvalue weighted by molar-refractivity contribution is 0.712. The first kappa shape index (κ1) is 8.07. The first-order valence-electron chi connectivity index (χ1n) is 2.38. The van der Waals surface area contributed by atoms with Gasteiger partial charge in [-0.3, -0.25) is 13.6 Å². The zero-order valence-corrected chi connectivity index (χ0v) is 4.80. The summed E-state index contributed by atoms with van der Waals surface area (Å²) in [5.41, 5.74) is 0. The van der Waals surface area contributed by atoms with Gasteiger partial charge >= 0.3 is 7.83 Å². The molecule has 48 valence electrons. The third kappa shape index (κ3) is 7.07. The number of halogens is 2. The van der Waals surface area contributed by atoms with E-state index in [1.165, 1.54) is 0 Å². The van der Waals surface area contributed by atoms with Crippen LogP contribution in [0, 0.1) is 0 Å². The Hall–Kier alpha value is -0.925. The van der Waals surface area contributed by atoms with Gasteiger partial charge in [-0.2, -0.15) is 0 Å². The Morgan fingerprint density at radius 3 is 1.56 bits per heavy atom. The molecule has 0 aliphatic heterocycles. The molecule has 0 atom stereocenters. The first-order chi connectivity index (χ1) is 4.41. The molecule has 0 aromatic carbocycles. The largest absolute Gasteiger partial charge is 0.521 e. The highest BCUT2D eigenvalue weighted by atomic mass is 19.2. The van der Waals surface area contributed by atoms with Gasteiger partial charge in [0.15, 0.2) is 0 Å². The molecule has 0 fully saturated rings. The molecule has 0 spiro atoms. The van der Waals surface area contributed by atoms with E-state index in [0.29, 0.717) is 0 Å². The Morgan fingerprint density at radius 2 is 1.44 bits per heavy atom. The quantitative estimate of drug-likeness (QED) is 0.480. The average molecular weight is 129 g/mol. The molecule has 0 aliphatic rings. The summed E-state index contributed by atoms with van der Waals surface area (Å²) in [7, 11) is -1.75. The second-order valence-corrected chi connectivity index (χ2v) is 1.13. The maximum atomic E-state index is 9.62. The van der Waals surface area contributed by atoms with E-state index in [1.807, 2.05) is 18.2 Å². The van der Waals surface area contributed by atoms with Crippen molar-refractivity contribution in [3.63, 3.8) is 0 Å². The molecule has 0 unspecified atom stereocenters. The normalized spacial score (nSPS) is 6.89. The predicted octanol–water partition coefficient (Wildman–Crippen LogP) is 1.27. The Labute approximate surface area is 53.1 Å². The SMILES string of the molecule is FBF.c1ccncc1. The van der Waals surface area contributed by atoms with Crippen LogP contribution in [-0.4, -0.2) is 12.8 Å². The van der Waals surface area contributed by atoms with Crippen LogP contribution >= 0.6 is 0 Å². The number of pyridine rings is 1. The van der Waals surface area contributed by atoms with Crippen LogP contribution in [0.1, 0.15) is 0 Å². The number of nitrogens with zero attached hydrogens (tertiary/aromatic N) is 1. The minimum Gasteiger partial charge on any atom is -0.291 e. The van der Waals surface area contributed by atoms with Crippen LogP contribution in [0.2, 0.25) is 0 Å². The molecule has 9 heavy (non-hydrogen) atoms. The molecule has 1 nitrogen and oxygen atoms in total. The van der Waals surface area contributed by atoms with Gasteiger partial charge in [0, 0.05) is 12.4 Å². The van der Waals surface area contributed by atoms with Crippen LogP contribution in [0.3, 0.4) is 0 Å². The lowest BCUT2D eigenvalue weighted by Gasteiger charge is -1.70. The van der Waals surface area contributed by atoms with E-state index in [9.17, 15) is 8.63 Å². The van der Waals surface area contributed by atoms with Gasteiger partial charge in [-0.05, 0) is 12.1 Å². The van der Waals surface area contributed by atoms with E-state index in [1.54, 1.807) is 12.4 Å². The summed E-state index contributed by atoms with van der Waals surface area (Å²) in [6, 6.07) is 5.72. The number of hydrogen-bond donors (Lipinski definition) is 0. The van der Waals surface area contributed by atoms with Gasteiger partial charge < -0.3 is 0 Å². The van der Waals surface area contributed by atoms with E-state index < -0.39 is 7.83 Å². The van der Waals surface area contributed by atoms with Crippen LogP contribution in [0.25, 0.3) is 0 Å². The van der Waals surface area contributed by atoms with E-state index in [-0.39, 0.29) is 0 Å². The molecular weight excluding hydrogens is 123 g/mol. The minimum atomic E-state index is -1.75. The Balaban J connectivity index is 0.000000187. The third-order valence-electron chi connectivity index (χ3n) is 0.566. The molecule has 4 heteroatoms. The topological polar surface area (TPSA) is 12.9 Å². The molecule has 0 N–H and O–H groups in total. The second kappa shape index (κ2) is 7.07. The summed E-state index contributed by atoms with van der Waals surface area (Å²) in [6.45, 7) is 0. The van der Waals surface area contributed by atoms with Crippen molar-refractivity contribution in [2.75, 3.05) is 0 Å². The molecule has 0 bridgehead atoms. The molecule has 1 aromatic rings. The van der Waals surface area contributed by atoms with Crippen molar-refractivity contribution in [3.05, 3.63) is 30.6 Å². The van der Waals surface area contributed by atoms with Crippen molar-refractivity contribution in [1.82, 2.24) is 4.98 Å². The van der Waals surface area contributed by atoms with Gasteiger partial charge in [-0.25, -0.2) is 0 Å². The highest BCUT2D eigenvalue weighted by molar-refractivity contribution is 6.15. The summed E-state index contributed by atoms with van der Waals surface area (Å²) in [4.78, 5) is 3.78. The number of aromatic nitrogens is 1. The maximum Gasteiger partial charge on any atom is 0.521 e. The van der Waals surface area contributed by atoms with Gasteiger partial charge in [0.05, 0.1) is 0 Å². The van der Waals surface area contributed by atoms with Crippen LogP contribution in [0.4, 0.5) is 8.63 Å². The fourth-order valence-electron chi connectivity index (χ4n) is 0.313. The first-order valence-corrected chi connectivity index (χ1v) is 2.38. The molecule has 1 rings (SSSR count). The van der Waals surface area contributed by atoms with Crippen LogP contribution in [0.5, 0.6) is 0 Å². The van der Waals surface area contributed by atoms with Crippen molar-refractivity contribution >= 4 is 7.83 Å². The third-order valence-corrected chi connectivity index (χ3v) is 0.566. The van der Waals surface area contributed by atoms with Crippen LogP contribution < -0.4 is 0 Å². The van der Waals surface area contributed by atoms with Crippen LogP contribution in [0.15, 0.2) is 30.6 Å². The lowest BCUT2D eigenvalue weighted by atomic mass is 10.5. The standard InChI is InChI=1S/C5H5N.BF2H/c1-2-4-6-5-3-1;2-1-3/h1-5H;1H. The van der Waals surface area contributed by atoms with E-state index in [0.717, 1.165) is 0 Å². The fraction of sp³-hybridized carbons (Fsp3) is 0. The second-order valence-electron chi connectivity index (χ2n) is 1.13. The zero-order chi connectivity index (χ0) is 6.95. The number of rotatable bonds is 0. The number of hydrogen-bond acceptors (Lipinski definition) is 1. The summed E-state index contributed by atoms with van der Waals surface area (Å²) in [5.74, 6) is 0. The fourth-order valence-corrected chi connectivity index (χ4v) is 0.313. The molecule has 1 aromatic heterocycles. The van der Waals surface area contributed by atoms with Crippen molar-refractivity contribution in [2.24, 2.45) is 0 Å². The van der Waals surface area contributed by atoms with Gasteiger partial charge in [-0.1, -0.05) is 6.07 Å². The zero-order valence-electron chi connectivity index (χ0n) is 4.80. The average Bonchev–Trinajstić information content (AvgIpc) is 1.93. The van der Waals surface area contributed by atoms with Gasteiger partial charge in [0.1, 0.15) is 0 Å². The smallest absolute Gasteiger partial charge is 0.291 e. The van der Waals surface area contributed by atoms with Crippen LogP contribution in [-0.2, 0) is 0 Å². The van der Waals surface area contributed by atoms with Crippen molar-refractivity contribution in [1.29, 1.82) is 0 Å². The molecular formula is C5H6BF2N. The van der Waals surface area contributed by atoms with Crippen molar-refractivity contribution in [2.45, 2.75) is 0 Å². The van der Waals surface area contributed by atoms with E-state index >= 15 is 0 Å². The Kier molecular flexibility index (Phi) is 6.35. The van der Waals surface area contributed by atoms with Gasteiger partial charge in [0.2, 0.25) is 0 Å². The van der Waals surface area contributed by atoms with Crippen molar-refractivity contribution < 1.29 is 8.63 Å². The van der Waals surface area contributed by atoms with E-state index in [4.69, 9.17) is 0 Å². The summed E-state index contributed by atoms with van der Waals surface area (Å²) in [5, 5.41) is 0. The summed E-state index contributed by atoms with van der Waals surface area (Å²) < 4.78 is 19.2.